The molecule has 1 aromatic carbocycles. The lowest BCUT2D eigenvalue weighted by Gasteiger charge is -2.15. The van der Waals surface area contributed by atoms with Crippen molar-refractivity contribution < 1.29 is 4.79 Å². The highest BCUT2D eigenvalue weighted by atomic mass is 32.1. The molecule has 0 saturated carbocycles. The second kappa shape index (κ2) is 6.80. The van der Waals surface area contributed by atoms with Crippen molar-refractivity contribution in [1.29, 1.82) is 0 Å². The first-order chi connectivity index (χ1) is 11.5. The number of thiazole rings is 1. The van der Waals surface area contributed by atoms with Crippen molar-refractivity contribution in [3.63, 3.8) is 0 Å². The summed E-state index contributed by atoms with van der Waals surface area (Å²) in [7, 11) is 3.73. The largest absolute Gasteiger partial charge is 0.362 e. The van der Waals surface area contributed by atoms with Gasteiger partial charge in [0.15, 0.2) is 0 Å². The van der Waals surface area contributed by atoms with E-state index in [1.54, 1.807) is 29.7 Å². The van der Waals surface area contributed by atoms with Crippen LogP contribution in [0.4, 0.5) is 11.5 Å². The number of hydrogen-bond donors (Lipinski definition) is 1. The fourth-order valence-electron chi connectivity index (χ4n) is 2.35. The van der Waals surface area contributed by atoms with E-state index >= 15 is 0 Å². The third-order valence-corrected chi connectivity index (χ3v) is 4.29. The van der Waals surface area contributed by atoms with Gasteiger partial charge in [-0.05, 0) is 31.2 Å². The summed E-state index contributed by atoms with van der Waals surface area (Å²) in [6.45, 7) is 1.99. The molecule has 2 aromatic heterocycles. The van der Waals surface area contributed by atoms with Crippen LogP contribution in [-0.2, 0) is 0 Å². The topological polar surface area (TPSA) is 58.1 Å². The van der Waals surface area contributed by atoms with Crippen LogP contribution in [0.25, 0.3) is 11.3 Å². The number of pyridine rings is 1. The number of nitrogens with zero attached hydrogens (tertiary/aromatic N) is 3. The summed E-state index contributed by atoms with van der Waals surface area (Å²) in [5.74, 6) is 0.466. The molecule has 0 aliphatic heterocycles. The van der Waals surface area contributed by atoms with Crippen molar-refractivity contribution in [2.45, 2.75) is 6.92 Å². The van der Waals surface area contributed by atoms with E-state index in [-0.39, 0.29) is 5.91 Å². The molecule has 122 valence electrons. The van der Waals surface area contributed by atoms with Crippen LogP contribution in [0, 0.1) is 6.92 Å². The summed E-state index contributed by atoms with van der Waals surface area (Å²) < 4.78 is 0. The summed E-state index contributed by atoms with van der Waals surface area (Å²) in [4.78, 5) is 23.1. The Balaban J connectivity index is 1.78. The predicted molar refractivity (Wildman–Crippen MR) is 98.8 cm³/mol. The Morgan fingerprint density at radius 3 is 2.54 bits per heavy atom. The van der Waals surface area contributed by atoms with Crippen LogP contribution >= 0.6 is 11.3 Å². The van der Waals surface area contributed by atoms with Crippen LogP contribution in [0.3, 0.4) is 0 Å². The van der Waals surface area contributed by atoms with E-state index in [2.05, 4.69) is 15.3 Å². The molecule has 0 radical (unpaired) electrons. The quantitative estimate of drug-likeness (QED) is 0.785. The molecule has 0 saturated heterocycles. The molecule has 24 heavy (non-hydrogen) atoms. The number of nitrogens with one attached hydrogen (secondary N) is 1. The molecule has 0 aliphatic carbocycles. The Kier molecular flexibility index (Phi) is 4.57. The van der Waals surface area contributed by atoms with Crippen molar-refractivity contribution in [2.75, 3.05) is 24.3 Å². The molecular weight excluding hydrogens is 320 g/mol. The standard InChI is InChI=1S/C18H18N4OS/c1-12-20-16(11-24-12)13-6-8-14(9-7-13)21-18(23)15-5-4-10-19-17(15)22(2)3/h4-11H,1-3H3,(H,21,23). The van der Waals surface area contributed by atoms with Gasteiger partial charge >= 0.3 is 0 Å². The van der Waals surface area contributed by atoms with Gasteiger partial charge in [0.25, 0.3) is 5.91 Å². The van der Waals surface area contributed by atoms with Crippen LogP contribution in [0.2, 0.25) is 0 Å². The van der Waals surface area contributed by atoms with E-state index in [1.165, 1.54) is 0 Å². The number of hydrogen-bond acceptors (Lipinski definition) is 5. The zero-order chi connectivity index (χ0) is 17.1. The van der Waals surface area contributed by atoms with Crippen LogP contribution in [0.15, 0.2) is 48.0 Å². The molecule has 0 atom stereocenters. The van der Waals surface area contributed by atoms with E-state index in [4.69, 9.17) is 0 Å². The molecule has 0 unspecified atom stereocenters. The third kappa shape index (κ3) is 3.44. The number of anilines is 2. The first kappa shape index (κ1) is 16.1. The van der Waals surface area contributed by atoms with E-state index in [0.717, 1.165) is 22.0 Å². The molecule has 3 rings (SSSR count). The highest BCUT2D eigenvalue weighted by Crippen LogP contribution is 2.24. The Labute approximate surface area is 145 Å². The predicted octanol–water partition coefficient (Wildman–Crippen LogP) is 3.83. The summed E-state index contributed by atoms with van der Waals surface area (Å²) in [5, 5.41) is 5.98. The smallest absolute Gasteiger partial charge is 0.259 e. The summed E-state index contributed by atoms with van der Waals surface area (Å²) in [6, 6.07) is 11.2. The number of carbonyl (C=O) groups excluding carboxylic acids is 1. The minimum atomic E-state index is -0.177. The second-order valence-electron chi connectivity index (χ2n) is 5.55. The van der Waals surface area contributed by atoms with Crippen LogP contribution in [-0.4, -0.2) is 30.0 Å². The van der Waals surface area contributed by atoms with Crippen LogP contribution in [0.1, 0.15) is 15.4 Å². The summed E-state index contributed by atoms with van der Waals surface area (Å²) in [6.07, 6.45) is 1.68. The van der Waals surface area contributed by atoms with Gasteiger partial charge in [0.05, 0.1) is 16.3 Å². The first-order valence-electron chi connectivity index (χ1n) is 7.51. The number of aromatic nitrogens is 2. The number of aryl methyl sites for hydroxylation is 1. The maximum Gasteiger partial charge on any atom is 0.259 e. The first-order valence-corrected chi connectivity index (χ1v) is 8.39. The molecule has 1 N–H and O–H groups in total. The Morgan fingerprint density at radius 1 is 1.17 bits per heavy atom. The Morgan fingerprint density at radius 2 is 1.92 bits per heavy atom. The fraction of sp³-hybridized carbons (Fsp3) is 0.167. The number of benzene rings is 1. The zero-order valence-corrected chi connectivity index (χ0v) is 14.6. The van der Waals surface area contributed by atoms with Crippen molar-refractivity contribution in [2.24, 2.45) is 0 Å². The van der Waals surface area contributed by atoms with Crippen molar-refractivity contribution in [3.05, 3.63) is 58.5 Å². The Hall–Kier alpha value is -2.73. The van der Waals surface area contributed by atoms with Gasteiger partial charge in [0.2, 0.25) is 0 Å². The van der Waals surface area contributed by atoms with Gasteiger partial charge in [0, 0.05) is 36.9 Å². The third-order valence-electron chi connectivity index (χ3n) is 3.51. The second-order valence-corrected chi connectivity index (χ2v) is 6.61. The number of amides is 1. The van der Waals surface area contributed by atoms with Gasteiger partial charge in [-0.3, -0.25) is 4.79 Å². The van der Waals surface area contributed by atoms with Crippen molar-refractivity contribution in [1.82, 2.24) is 9.97 Å². The Bertz CT molecular complexity index is 855. The average Bonchev–Trinajstić information content (AvgIpc) is 3.02. The minimum Gasteiger partial charge on any atom is -0.362 e. The molecule has 0 bridgehead atoms. The SMILES string of the molecule is Cc1nc(-c2ccc(NC(=O)c3cccnc3N(C)C)cc2)cs1. The van der Waals surface area contributed by atoms with Crippen molar-refractivity contribution in [3.8, 4) is 11.3 Å². The average molecular weight is 338 g/mol. The highest BCUT2D eigenvalue weighted by molar-refractivity contribution is 7.09. The fourth-order valence-corrected chi connectivity index (χ4v) is 2.97. The molecule has 1 amide bonds. The lowest BCUT2D eigenvalue weighted by atomic mass is 10.1. The molecule has 2 heterocycles. The summed E-state index contributed by atoms with van der Waals surface area (Å²) >= 11 is 1.62. The normalized spacial score (nSPS) is 10.5. The maximum atomic E-state index is 12.5. The molecule has 0 fully saturated rings. The monoisotopic (exact) mass is 338 g/mol. The highest BCUT2D eigenvalue weighted by Gasteiger charge is 2.14. The van der Waals surface area contributed by atoms with Crippen LogP contribution < -0.4 is 10.2 Å². The van der Waals surface area contributed by atoms with Gasteiger partial charge in [0.1, 0.15) is 5.82 Å². The molecule has 0 aliphatic rings. The molecule has 6 heteroatoms. The van der Waals surface area contributed by atoms with E-state index < -0.39 is 0 Å². The van der Waals surface area contributed by atoms with Gasteiger partial charge in [-0.2, -0.15) is 0 Å². The van der Waals surface area contributed by atoms with Gasteiger partial charge in [-0.15, -0.1) is 11.3 Å². The lowest BCUT2D eigenvalue weighted by Crippen LogP contribution is -2.19. The van der Waals surface area contributed by atoms with Gasteiger partial charge in [-0.25, -0.2) is 9.97 Å². The minimum absolute atomic E-state index is 0.177. The number of rotatable bonds is 4. The van der Waals surface area contributed by atoms with Gasteiger partial charge in [-0.1, -0.05) is 12.1 Å². The summed E-state index contributed by atoms with van der Waals surface area (Å²) in [5.41, 5.74) is 3.27. The molecule has 5 nitrogen and oxygen atoms in total. The molecule has 3 aromatic rings. The zero-order valence-electron chi connectivity index (χ0n) is 13.8. The lowest BCUT2D eigenvalue weighted by molar-refractivity contribution is 0.102. The maximum absolute atomic E-state index is 12.5. The van der Waals surface area contributed by atoms with E-state index in [0.29, 0.717) is 11.4 Å². The van der Waals surface area contributed by atoms with E-state index in [1.807, 2.05) is 55.6 Å². The van der Waals surface area contributed by atoms with Crippen LogP contribution in [0.5, 0.6) is 0 Å². The number of carbonyl (C=O) groups is 1. The van der Waals surface area contributed by atoms with E-state index in [9.17, 15) is 4.79 Å². The molecule has 0 spiro atoms. The van der Waals surface area contributed by atoms with Gasteiger partial charge < -0.3 is 10.2 Å². The van der Waals surface area contributed by atoms with Crippen molar-refractivity contribution >= 4 is 28.7 Å². The molecular formula is C18H18N4OS.